The molecule has 2 aromatic rings. The molecule has 3 N–H and O–H groups in total. The molecule has 1 aromatic carbocycles. The van der Waals surface area contributed by atoms with Crippen molar-refractivity contribution in [1.29, 1.82) is 0 Å². The fraction of sp³-hybridized carbons (Fsp3) is 0.300. The first-order valence-electron chi connectivity index (χ1n) is 5.13. The highest BCUT2D eigenvalue weighted by Gasteiger charge is 2.07. The first kappa shape index (κ1) is 11.9. The lowest BCUT2D eigenvalue weighted by Crippen LogP contribution is -2.26. The van der Waals surface area contributed by atoms with Crippen molar-refractivity contribution in [2.45, 2.75) is 6.54 Å². The van der Waals surface area contributed by atoms with Crippen LogP contribution in [0.2, 0.25) is 0 Å². The van der Waals surface area contributed by atoms with E-state index >= 15 is 0 Å². The Morgan fingerprint density at radius 3 is 2.82 bits per heavy atom. The molecular formula is C10H14N4O2S. The predicted octanol–water partition coefficient (Wildman–Crippen LogP) is 0.168. The van der Waals surface area contributed by atoms with Gasteiger partial charge in [0.25, 0.3) is 0 Å². The lowest BCUT2D eigenvalue weighted by atomic mass is 10.3. The lowest BCUT2D eigenvalue weighted by Gasteiger charge is -2.06. The van der Waals surface area contributed by atoms with Crippen LogP contribution < -0.4 is 10.5 Å². The number of benzene rings is 1. The number of sulfonamides is 1. The molecule has 0 amide bonds. The number of imidazole rings is 1. The van der Waals surface area contributed by atoms with Gasteiger partial charge in [0.1, 0.15) is 0 Å². The molecule has 0 unspecified atom stereocenters. The molecule has 0 bridgehead atoms. The van der Waals surface area contributed by atoms with Crippen LogP contribution in [0.25, 0.3) is 11.0 Å². The van der Waals surface area contributed by atoms with Gasteiger partial charge in [-0.1, -0.05) is 12.1 Å². The summed E-state index contributed by atoms with van der Waals surface area (Å²) in [7, 11) is -3.17. The maximum atomic E-state index is 10.9. The van der Waals surface area contributed by atoms with Crippen LogP contribution in [0.5, 0.6) is 0 Å². The fourth-order valence-electron chi connectivity index (χ4n) is 1.67. The fourth-order valence-corrected chi connectivity index (χ4v) is 2.13. The van der Waals surface area contributed by atoms with Crippen molar-refractivity contribution in [2.24, 2.45) is 0 Å². The van der Waals surface area contributed by atoms with E-state index in [-0.39, 0.29) is 0 Å². The van der Waals surface area contributed by atoms with Crippen LogP contribution in [-0.2, 0) is 16.6 Å². The van der Waals surface area contributed by atoms with Gasteiger partial charge < -0.3 is 10.3 Å². The molecule has 1 aromatic heterocycles. The van der Waals surface area contributed by atoms with Gasteiger partial charge in [0.2, 0.25) is 16.0 Å². The van der Waals surface area contributed by atoms with E-state index in [4.69, 9.17) is 5.73 Å². The highest BCUT2D eigenvalue weighted by Crippen LogP contribution is 2.16. The van der Waals surface area contributed by atoms with Crippen molar-refractivity contribution in [1.82, 2.24) is 14.3 Å². The zero-order valence-corrected chi connectivity index (χ0v) is 10.2. The SMILES string of the molecule is CS(=O)(=O)NCCn1c(N)nc2ccccc21. The van der Waals surface area contributed by atoms with Gasteiger partial charge in [0.15, 0.2) is 0 Å². The number of anilines is 1. The van der Waals surface area contributed by atoms with E-state index < -0.39 is 10.0 Å². The van der Waals surface area contributed by atoms with E-state index in [1.54, 1.807) is 4.57 Å². The number of nitrogens with zero attached hydrogens (tertiary/aromatic N) is 2. The Morgan fingerprint density at radius 1 is 1.41 bits per heavy atom. The Morgan fingerprint density at radius 2 is 2.12 bits per heavy atom. The summed E-state index contributed by atoms with van der Waals surface area (Å²) in [6.07, 6.45) is 1.13. The molecule has 6 nitrogen and oxygen atoms in total. The first-order chi connectivity index (χ1) is 7.97. The maximum Gasteiger partial charge on any atom is 0.208 e. The van der Waals surface area contributed by atoms with E-state index in [9.17, 15) is 8.42 Å². The average Bonchev–Trinajstić information content (AvgIpc) is 2.54. The number of hydrogen-bond acceptors (Lipinski definition) is 4. The highest BCUT2D eigenvalue weighted by molar-refractivity contribution is 7.88. The molecule has 0 aliphatic heterocycles. The van der Waals surface area contributed by atoms with Gasteiger partial charge >= 0.3 is 0 Å². The minimum atomic E-state index is -3.17. The summed E-state index contributed by atoms with van der Waals surface area (Å²) in [5, 5.41) is 0. The molecule has 0 radical (unpaired) electrons. The molecule has 0 fully saturated rings. The molecule has 17 heavy (non-hydrogen) atoms. The van der Waals surface area contributed by atoms with Crippen molar-refractivity contribution in [2.75, 3.05) is 18.5 Å². The number of rotatable bonds is 4. The van der Waals surface area contributed by atoms with Crippen LogP contribution in [0.3, 0.4) is 0 Å². The second kappa shape index (κ2) is 4.34. The molecule has 0 saturated carbocycles. The lowest BCUT2D eigenvalue weighted by molar-refractivity contribution is 0.581. The summed E-state index contributed by atoms with van der Waals surface area (Å²) in [5.41, 5.74) is 7.49. The van der Waals surface area contributed by atoms with Crippen molar-refractivity contribution in [3.8, 4) is 0 Å². The van der Waals surface area contributed by atoms with Gasteiger partial charge in [-0.2, -0.15) is 0 Å². The summed E-state index contributed by atoms with van der Waals surface area (Å²) in [6, 6.07) is 7.54. The van der Waals surface area contributed by atoms with Gasteiger partial charge in [0.05, 0.1) is 17.3 Å². The van der Waals surface area contributed by atoms with Gasteiger partial charge in [-0.15, -0.1) is 0 Å². The minimum absolute atomic E-state index is 0.295. The van der Waals surface area contributed by atoms with Gasteiger partial charge in [-0.25, -0.2) is 18.1 Å². The Kier molecular flexibility index (Phi) is 3.03. The van der Waals surface area contributed by atoms with E-state index in [1.807, 2.05) is 24.3 Å². The zero-order valence-electron chi connectivity index (χ0n) is 9.42. The average molecular weight is 254 g/mol. The number of hydrogen-bond donors (Lipinski definition) is 2. The first-order valence-corrected chi connectivity index (χ1v) is 7.02. The molecule has 0 atom stereocenters. The summed E-state index contributed by atoms with van der Waals surface area (Å²) in [4.78, 5) is 4.19. The third-order valence-corrected chi connectivity index (χ3v) is 3.11. The summed E-state index contributed by atoms with van der Waals surface area (Å²) in [6.45, 7) is 0.753. The highest BCUT2D eigenvalue weighted by atomic mass is 32.2. The monoisotopic (exact) mass is 254 g/mol. The van der Waals surface area contributed by atoms with Crippen molar-refractivity contribution < 1.29 is 8.42 Å². The minimum Gasteiger partial charge on any atom is -0.369 e. The molecule has 0 spiro atoms. The normalized spacial score (nSPS) is 12.1. The molecule has 2 rings (SSSR count). The number of para-hydroxylation sites is 2. The maximum absolute atomic E-state index is 10.9. The molecule has 0 saturated heterocycles. The third kappa shape index (κ3) is 2.75. The standard InChI is InChI=1S/C10H14N4O2S/c1-17(15,16)12-6-7-14-9-5-3-2-4-8(9)13-10(14)11/h2-5,12H,6-7H2,1H3,(H2,11,13). The topological polar surface area (TPSA) is 90.0 Å². The zero-order chi connectivity index (χ0) is 12.5. The smallest absolute Gasteiger partial charge is 0.208 e. The van der Waals surface area contributed by atoms with Crippen LogP contribution in [-0.4, -0.2) is 30.8 Å². The Hall–Kier alpha value is -1.60. The van der Waals surface area contributed by atoms with Gasteiger partial charge in [-0.3, -0.25) is 0 Å². The number of aromatic nitrogens is 2. The van der Waals surface area contributed by atoms with E-state index in [0.29, 0.717) is 19.0 Å². The van der Waals surface area contributed by atoms with Crippen LogP contribution >= 0.6 is 0 Å². The number of nitrogens with one attached hydrogen (secondary N) is 1. The van der Waals surface area contributed by atoms with Crippen LogP contribution in [0.4, 0.5) is 5.95 Å². The molecule has 7 heteroatoms. The van der Waals surface area contributed by atoms with Crippen molar-refractivity contribution in [3.05, 3.63) is 24.3 Å². The number of fused-ring (bicyclic) bond motifs is 1. The van der Waals surface area contributed by atoms with E-state index in [2.05, 4.69) is 9.71 Å². The molecule has 0 aliphatic rings. The van der Waals surface area contributed by atoms with Crippen LogP contribution in [0.15, 0.2) is 24.3 Å². The Labute approximate surface area is 99.5 Å². The number of nitrogen functional groups attached to an aromatic ring is 1. The van der Waals surface area contributed by atoms with Crippen LogP contribution in [0.1, 0.15) is 0 Å². The summed E-state index contributed by atoms with van der Waals surface area (Å²) in [5.74, 6) is 0.390. The summed E-state index contributed by atoms with van der Waals surface area (Å²) >= 11 is 0. The quantitative estimate of drug-likeness (QED) is 0.813. The molecule has 1 heterocycles. The summed E-state index contributed by atoms with van der Waals surface area (Å²) < 4.78 is 26.1. The van der Waals surface area contributed by atoms with Crippen molar-refractivity contribution >= 4 is 27.0 Å². The number of nitrogens with two attached hydrogens (primary N) is 1. The Balaban J connectivity index is 2.21. The van der Waals surface area contributed by atoms with Crippen LogP contribution in [0, 0.1) is 0 Å². The molecule has 92 valence electrons. The second-order valence-corrected chi connectivity index (χ2v) is 5.61. The van der Waals surface area contributed by atoms with E-state index in [0.717, 1.165) is 17.3 Å². The predicted molar refractivity (Wildman–Crippen MR) is 67.0 cm³/mol. The van der Waals surface area contributed by atoms with E-state index in [1.165, 1.54) is 0 Å². The Bertz CT molecular complexity index is 633. The molecular weight excluding hydrogens is 240 g/mol. The largest absolute Gasteiger partial charge is 0.369 e. The second-order valence-electron chi connectivity index (χ2n) is 3.78. The van der Waals surface area contributed by atoms with Crippen molar-refractivity contribution in [3.63, 3.8) is 0 Å². The van der Waals surface area contributed by atoms with Gasteiger partial charge in [0, 0.05) is 13.1 Å². The third-order valence-electron chi connectivity index (χ3n) is 2.38. The van der Waals surface area contributed by atoms with Gasteiger partial charge in [-0.05, 0) is 12.1 Å². The molecule has 0 aliphatic carbocycles.